The van der Waals surface area contributed by atoms with E-state index in [9.17, 15) is 9.90 Å². The summed E-state index contributed by atoms with van der Waals surface area (Å²) in [5, 5.41) is 9.20. The third kappa shape index (κ3) is 2.15. The van der Waals surface area contributed by atoms with Gasteiger partial charge in [0.2, 0.25) is 5.72 Å². The molecule has 0 saturated carbocycles. The van der Waals surface area contributed by atoms with E-state index in [-0.39, 0.29) is 11.8 Å². The minimum Gasteiger partial charge on any atom is -0.481 e. The van der Waals surface area contributed by atoms with Crippen LogP contribution < -0.4 is 9.64 Å². The molecule has 1 atom stereocenters. The lowest BCUT2D eigenvalue weighted by Gasteiger charge is -2.46. The van der Waals surface area contributed by atoms with Gasteiger partial charge in [0.05, 0.1) is 18.1 Å². The Kier molecular flexibility index (Phi) is 3.35. The van der Waals surface area contributed by atoms with Gasteiger partial charge in [0.1, 0.15) is 11.4 Å². The van der Waals surface area contributed by atoms with Crippen molar-refractivity contribution in [2.75, 3.05) is 11.4 Å². The molecular weight excluding hydrogens is 316 g/mol. The van der Waals surface area contributed by atoms with Crippen LogP contribution in [0, 0.1) is 0 Å². The molecule has 0 radical (unpaired) electrons. The maximum absolute atomic E-state index is 11.2. The van der Waals surface area contributed by atoms with E-state index in [1.54, 1.807) is 0 Å². The zero-order valence-corrected chi connectivity index (χ0v) is 14.3. The van der Waals surface area contributed by atoms with Crippen molar-refractivity contribution in [3.05, 3.63) is 54.1 Å². The Labute approximate surface area is 146 Å². The van der Waals surface area contributed by atoms with Crippen molar-refractivity contribution < 1.29 is 14.6 Å². The number of carboxylic acids is 1. The topological polar surface area (TPSA) is 62.1 Å². The molecule has 2 aromatic carbocycles. The second kappa shape index (κ2) is 5.34. The highest BCUT2D eigenvalue weighted by molar-refractivity contribution is 5.88. The Balaban J connectivity index is 1.86. The molecule has 2 aliphatic heterocycles. The Morgan fingerprint density at radius 1 is 1.16 bits per heavy atom. The molecule has 0 aliphatic carbocycles. The number of fused-ring (bicyclic) bond motifs is 2. The van der Waals surface area contributed by atoms with E-state index < -0.39 is 11.7 Å². The van der Waals surface area contributed by atoms with Crippen LogP contribution >= 0.6 is 0 Å². The molecule has 1 N–H and O–H groups in total. The molecule has 1 unspecified atom stereocenters. The predicted octanol–water partition coefficient (Wildman–Crippen LogP) is 3.75. The second-order valence-electron chi connectivity index (χ2n) is 6.96. The van der Waals surface area contributed by atoms with Crippen molar-refractivity contribution in [2.45, 2.75) is 31.4 Å². The first-order valence-electron chi connectivity index (χ1n) is 8.38. The van der Waals surface area contributed by atoms with Gasteiger partial charge in [0.15, 0.2) is 0 Å². The number of carbonyl (C=O) groups is 1. The van der Waals surface area contributed by atoms with Gasteiger partial charge in [-0.05, 0) is 37.6 Å². The van der Waals surface area contributed by atoms with E-state index in [0.29, 0.717) is 12.3 Å². The van der Waals surface area contributed by atoms with Crippen LogP contribution in [0.5, 0.6) is 5.75 Å². The third-order valence-corrected chi connectivity index (χ3v) is 5.22. The first kappa shape index (κ1) is 15.7. The average molecular weight is 336 g/mol. The average Bonchev–Trinajstić information content (AvgIpc) is 2.78. The van der Waals surface area contributed by atoms with Crippen LogP contribution in [-0.4, -0.2) is 29.6 Å². The number of rotatable bonds is 3. The van der Waals surface area contributed by atoms with Gasteiger partial charge < -0.3 is 14.7 Å². The third-order valence-electron chi connectivity index (χ3n) is 5.22. The van der Waals surface area contributed by atoms with Gasteiger partial charge in [-0.15, -0.1) is 0 Å². The molecule has 2 aromatic rings. The molecule has 1 spiro atoms. The molecule has 0 fully saturated rings. The molecular formula is C20H20N2O3. The van der Waals surface area contributed by atoms with Crippen LogP contribution in [0.4, 0.5) is 11.4 Å². The van der Waals surface area contributed by atoms with Gasteiger partial charge in [-0.2, -0.15) is 0 Å². The largest absolute Gasteiger partial charge is 0.481 e. The monoisotopic (exact) mass is 336 g/mol. The summed E-state index contributed by atoms with van der Waals surface area (Å²) in [6.07, 6.45) is 1.86. The Bertz CT molecular complexity index is 875. The Morgan fingerprint density at radius 2 is 1.88 bits per heavy atom. The number of nitrogens with zero attached hydrogens (tertiary/aromatic N) is 2. The number of ether oxygens (including phenoxy) is 1. The summed E-state index contributed by atoms with van der Waals surface area (Å²) in [5.74, 6) is -0.114. The van der Waals surface area contributed by atoms with Gasteiger partial charge in [-0.1, -0.05) is 30.3 Å². The zero-order valence-electron chi connectivity index (χ0n) is 14.3. The first-order chi connectivity index (χ1) is 12.0. The Morgan fingerprint density at radius 3 is 2.68 bits per heavy atom. The highest BCUT2D eigenvalue weighted by Crippen LogP contribution is 2.53. The lowest BCUT2D eigenvalue weighted by atomic mass is 9.77. The lowest BCUT2D eigenvalue weighted by molar-refractivity contribution is -0.136. The standard InChI is InChI=1S/C20H20N2O3/c1-19(2)14-7-3-5-9-16(14)22(12-11-18(23)24)20(19)13-21-15-8-4-6-10-17(15)25-20/h3-10,13H,11-12H2,1-2H3,(H,23,24). The summed E-state index contributed by atoms with van der Waals surface area (Å²) < 4.78 is 6.51. The fourth-order valence-electron chi connectivity index (χ4n) is 3.86. The van der Waals surface area contributed by atoms with Gasteiger partial charge in [0.25, 0.3) is 0 Å². The number of hydrogen-bond donors (Lipinski definition) is 1. The number of aliphatic carboxylic acids is 1. The van der Waals surface area contributed by atoms with Crippen molar-refractivity contribution in [1.82, 2.24) is 0 Å². The second-order valence-corrected chi connectivity index (χ2v) is 6.96. The summed E-state index contributed by atoms with van der Waals surface area (Å²) in [6, 6.07) is 15.7. The van der Waals surface area contributed by atoms with E-state index in [1.165, 1.54) is 0 Å². The van der Waals surface area contributed by atoms with Gasteiger partial charge in [-0.25, -0.2) is 0 Å². The molecule has 128 valence electrons. The predicted molar refractivity (Wildman–Crippen MR) is 97.0 cm³/mol. The van der Waals surface area contributed by atoms with Crippen LogP contribution in [0.2, 0.25) is 0 Å². The summed E-state index contributed by atoms with van der Waals surface area (Å²) in [6.45, 7) is 4.59. The zero-order chi connectivity index (χ0) is 17.7. The maximum atomic E-state index is 11.2. The molecule has 0 bridgehead atoms. The number of anilines is 1. The Hall–Kier alpha value is -2.82. The van der Waals surface area contributed by atoms with E-state index in [2.05, 4.69) is 24.9 Å². The molecule has 5 heteroatoms. The molecule has 0 amide bonds. The summed E-state index contributed by atoms with van der Waals surface area (Å²) in [4.78, 5) is 17.9. The van der Waals surface area contributed by atoms with E-state index in [0.717, 1.165) is 16.9 Å². The molecule has 2 aliphatic rings. The van der Waals surface area contributed by atoms with Crippen LogP contribution in [0.1, 0.15) is 25.8 Å². The van der Waals surface area contributed by atoms with Crippen molar-refractivity contribution in [2.24, 2.45) is 4.99 Å². The normalized spacial score (nSPS) is 22.4. The number of hydrogen-bond acceptors (Lipinski definition) is 4. The minimum absolute atomic E-state index is 0.0327. The van der Waals surface area contributed by atoms with Gasteiger partial charge in [-0.3, -0.25) is 9.79 Å². The highest BCUT2D eigenvalue weighted by Gasteiger charge is 2.59. The molecule has 4 rings (SSSR count). The van der Waals surface area contributed by atoms with Crippen LogP contribution in [0.15, 0.2) is 53.5 Å². The fourth-order valence-corrected chi connectivity index (χ4v) is 3.86. The summed E-state index contributed by atoms with van der Waals surface area (Å²) in [5.41, 5.74) is 1.68. The smallest absolute Gasteiger partial charge is 0.305 e. The highest BCUT2D eigenvalue weighted by atomic mass is 16.5. The quantitative estimate of drug-likeness (QED) is 0.927. The number of aliphatic imine (C=N–C) groups is 1. The fraction of sp³-hybridized carbons (Fsp3) is 0.300. The van der Waals surface area contributed by atoms with Crippen molar-refractivity contribution in [3.63, 3.8) is 0 Å². The lowest BCUT2D eigenvalue weighted by Crippen LogP contribution is -2.62. The molecule has 25 heavy (non-hydrogen) atoms. The van der Waals surface area contributed by atoms with E-state index >= 15 is 0 Å². The molecule has 2 heterocycles. The van der Waals surface area contributed by atoms with Crippen LogP contribution in [-0.2, 0) is 10.2 Å². The van der Waals surface area contributed by atoms with Crippen LogP contribution in [0.3, 0.4) is 0 Å². The molecule has 5 nitrogen and oxygen atoms in total. The van der Waals surface area contributed by atoms with E-state index in [1.807, 2.05) is 53.6 Å². The molecule has 0 aromatic heterocycles. The van der Waals surface area contributed by atoms with Crippen molar-refractivity contribution in [3.8, 4) is 5.75 Å². The van der Waals surface area contributed by atoms with Gasteiger partial charge >= 0.3 is 5.97 Å². The summed E-state index contributed by atoms with van der Waals surface area (Å²) >= 11 is 0. The van der Waals surface area contributed by atoms with Crippen molar-refractivity contribution in [1.29, 1.82) is 0 Å². The number of carboxylic acid groups (broad SMARTS) is 1. The number of para-hydroxylation sites is 3. The number of benzene rings is 2. The van der Waals surface area contributed by atoms with Gasteiger partial charge in [0, 0.05) is 12.2 Å². The van der Waals surface area contributed by atoms with Crippen LogP contribution in [0.25, 0.3) is 0 Å². The maximum Gasteiger partial charge on any atom is 0.305 e. The minimum atomic E-state index is -0.847. The SMILES string of the molecule is CC1(C)c2ccccc2N(CCC(=O)O)C12C=Nc1ccccc1O2. The first-order valence-corrected chi connectivity index (χ1v) is 8.38. The van der Waals surface area contributed by atoms with Crippen molar-refractivity contribution >= 4 is 23.6 Å². The van der Waals surface area contributed by atoms with E-state index in [4.69, 9.17) is 4.74 Å². The molecule has 0 saturated heterocycles. The summed E-state index contributed by atoms with van der Waals surface area (Å²) in [7, 11) is 0.